The predicted molar refractivity (Wildman–Crippen MR) is 98.0 cm³/mol. The highest BCUT2D eigenvalue weighted by Crippen LogP contribution is 2.24. The van der Waals surface area contributed by atoms with Crippen LogP contribution in [0.15, 0.2) is 42.5 Å². The van der Waals surface area contributed by atoms with Gasteiger partial charge in [0.1, 0.15) is 0 Å². The van der Waals surface area contributed by atoms with E-state index in [1.807, 2.05) is 6.07 Å². The van der Waals surface area contributed by atoms with Gasteiger partial charge in [0, 0.05) is 36.9 Å². The number of rotatable bonds is 3. The van der Waals surface area contributed by atoms with Gasteiger partial charge in [-0.1, -0.05) is 29.3 Å². The van der Waals surface area contributed by atoms with Crippen molar-refractivity contribution in [2.45, 2.75) is 0 Å². The van der Waals surface area contributed by atoms with E-state index in [-0.39, 0.29) is 11.5 Å². The molecule has 7 heteroatoms. The fourth-order valence-corrected chi connectivity index (χ4v) is 3.33. The molecule has 0 atom stereocenters. The molecule has 1 aliphatic rings. The van der Waals surface area contributed by atoms with Crippen LogP contribution >= 0.6 is 23.2 Å². The van der Waals surface area contributed by atoms with Crippen LogP contribution in [0.1, 0.15) is 20.7 Å². The summed E-state index contributed by atoms with van der Waals surface area (Å²) in [7, 11) is 0. The molecule has 0 saturated carbocycles. The summed E-state index contributed by atoms with van der Waals surface area (Å²) in [5.74, 6) is -1.08. The van der Waals surface area contributed by atoms with Crippen molar-refractivity contribution >= 4 is 40.8 Å². The van der Waals surface area contributed by atoms with Crippen molar-refractivity contribution < 1.29 is 14.7 Å². The number of hydrogen-bond donors (Lipinski definition) is 1. The Kier molecular flexibility index (Phi) is 5.16. The monoisotopic (exact) mass is 378 g/mol. The van der Waals surface area contributed by atoms with E-state index in [0.29, 0.717) is 41.8 Å². The van der Waals surface area contributed by atoms with Crippen molar-refractivity contribution in [3.05, 3.63) is 63.6 Å². The minimum absolute atomic E-state index is 0.124. The normalized spacial score (nSPS) is 14.5. The lowest BCUT2D eigenvalue weighted by atomic mass is 10.1. The van der Waals surface area contributed by atoms with Crippen molar-refractivity contribution in [3.63, 3.8) is 0 Å². The number of benzene rings is 2. The Morgan fingerprint density at radius 1 is 0.960 bits per heavy atom. The van der Waals surface area contributed by atoms with Crippen LogP contribution in [-0.4, -0.2) is 48.1 Å². The molecular weight excluding hydrogens is 363 g/mol. The predicted octanol–water partition coefficient (Wildman–Crippen LogP) is 3.65. The average molecular weight is 379 g/mol. The molecule has 25 heavy (non-hydrogen) atoms. The van der Waals surface area contributed by atoms with E-state index in [9.17, 15) is 9.59 Å². The number of carbonyl (C=O) groups excluding carboxylic acids is 1. The second kappa shape index (κ2) is 7.33. The maximum Gasteiger partial charge on any atom is 0.335 e. The van der Waals surface area contributed by atoms with E-state index >= 15 is 0 Å². The highest BCUT2D eigenvalue weighted by atomic mass is 35.5. The van der Waals surface area contributed by atoms with Crippen LogP contribution in [0.25, 0.3) is 0 Å². The smallest absolute Gasteiger partial charge is 0.335 e. The molecule has 2 aromatic carbocycles. The molecule has 5 nitrogen and oxygen atoms in total. The third kappa shape index (κ3) is 3.89. The van der Waals surface area contributed by atoms with Gasteiger partial charge in [0.05, 0.1) is 16.1 Å². The molecule has 0 spiro atoms. The zero-order valence-electron chi connectivity index (χ0n) is 13.3. The van der Waals surface area contributed by atoms with Crippen molar-refractivity contribution in [2.75, 3.05) is 31.1 Å². The number of anilines is 1. The lowest BCUT2D eigenvalue weighted by Gasteiger charge is -2.36. The molecule has 0 aromatic heterocycles. The molecule has 3 rings (SSSR count). The van der Waals surface area contributed by atoms with Crippen LogP contribution in [-0.2, 0) is 0 Å². The van der Waals surface area contributed by atoms with Crippen molar-refractivity contribution in [2.24, 2.45) is 0 Å². The lowest BCUT2D eigenvalue weighted by Crippen LogP contribution is -2.48. The number of carboxylic acid groups (broad SMARTS) is 1. The number of carboxylic acids is 1. The second-order valence-electron chi connectivity index (χ2n) is 5.76. The lowest BCUT2D eigenvalue weighted by molar-refractivity contribution is 0.0696. The van der Waals surface area contributed by atoms with Gasteiger partial charge in [0.25, 0.3) is 5.91 Å². The summed E-state index contributed by atoms with van der Waals surface area (Å²) in [6.45, 7) is 2.32. The summed E-state index contributed by atoms with van der Waals surface area (Å²) in [4.78, 5) is 27.5. The maximum atomic E-state index is 12.6. The quantitative estimate of drug-likeness (QED) is 0.885. The van der Waals surface area contributed by atoms with Gasteiger partial charge >= 0.3 is 5.97 Å². The Bertz CT molecular complexity index is 818. The first kappa shape index (κ1) is 17.6. The van der Waals surface area contributed by atoms with E-state index in [2.05, 4.69) is 4.90 Å². The zero-order valence-corrected chi connectivity index (χ0v) is 14.8. The van der Waals surface area contributed by atoms with E-state index < -0.39 is 5.97 Å². The minimum atomic E-state index is -0.951. The first-order valence-electron chi connectivity index (χ1n) is 7.78. The van der Waals surface area contributed by atoms with Crippen LogP contribution in [0.5, 0.6) is 0 Å². The Morgan fingerprint density at radius 2 is 1.68 bits per heavy atom. The number of halogens is 2. The number of aromatic carboxylic acids is 1. The number of piperazine rings is 1. The molecule has 1 amide bonds. The van der Waals surface area contributed by atoms with Crippen LogP contribution in [0, 0.1) is 0 Å². The van der Waals surface area contributed by atoms with Gasteiger partial charge in [-0.2, -0.15) is 0 Å². The van der Waals surface area contributed by atoms with Crippen LogP contribution in [0.2, 0.25) is 10.0 Å². The molecule has 1 N–H and O–H groups in total. The molecular formula is C18H16Cl2N2O3. The molecule has 0 radical (unpaired) electrons. The largest absolute Gasteiger partial charge is 0.478 e. The summed E-state index contributed by atoms with van der Waals surface area (Å²) in [5, 5.41) is 9.93. The molecule has 1 fully saturated rings. The first-order valence-corrected chi connectivity index (χ1v) is 8.54. The highest BCUT2D eigenvalue weighted by molar-refractivity contribution is 6.36. The van der Waals surface area contributed by atoms with Gasteiger partial charge < -0.3 is 14.9 Å². The van der Waals surface area contributed by atoms with Gasteiger partial charge in [0.15, 0.2) is 0 Å². The number of hydrogen-bond acceptors (Lipinski definition) is 3. The number of amides is 1. The Hall–Kier alpha value is -2.24. The van der Waals surface area contributed by atoms with Gasteiger partial charge in [0.2, 0.25) is 0 Å². The standard InChI is InChI=1S/C18H16Cl2N2O3/c19-13-4-5-15(16(20)11-13)17(23)22-8-6-21(7-9-22)14-3-1-2-12(10-14)18(24)25/h1-5,10-11H,6-9H2,(H,24,25). The van der Waals surface area contributed by atoms with Crippen molar-refractivity contribution in [1.82, 2.24) is 4.90 Å². The molecule has 0 aliphatic carbocycles. The molecule has 130 valence electrons. The van der Waals surface area contributed by atoms with E-state index in [1.165, 1.54) is 0 Å². The minimum Gasteiger partial charge on any atom is -0.478 e. The maximum absolute atomic E-state index is 12.6. The van der Waals surface area contributed by atoms with Gasteiger partial charge in [-0.25, -0.2) is 4.79 Å². The van der Waals surface area contributed by atoms with E-state index in [4.69, 9.17) is 28.3 Å². The van der Waals surface area contributed by atoms with Crippen molar-refractivity contribution in [1.29, 1.82) is 0 Å². The molecule has 1 aliphatic heterocycles. The summed E-state index contributed by atoms with van der Waals surface area (Å²) >= 11 is 12.0. The number of nitrogens with zero attached hydrogens (tertiary/aromatic N) is 2. The Labute approximate surface area is 155 Å². The first-order chi connectivity index (χ1) is 12.0. The molecule has 1 heterocycles. The number of carbonyl (C=O) groups is 2. The summed E-state index contributed by atoms with van der Waals surface area (Å²) < 4.78 is 0. The van der Waals surface area contributed by atoms with Gasteiger partial charge in [-0.05, 0) is 36.4 Å². The zero-order chi connectivity index (χ0) is 18.0. The van der Waals surface area contributed by atoms with Crippen LogP contribution in [0.4, 0.5) is 5.69 Å². The highest BCUT2D eigenvalue weighted by Gasteiger charge is 2.24. The fraction of sp³-hybridized carbons (Fsp3) is 0.222. The summed E-state index contributed by atoms with van der Waals surface area (Å²) in [5.41, 5.74) is 1.54. The van der Waals surface area contributed by atoms with Crippen molar-refractivity contribution in [3.8, 4) is 0 Å². The Morgan fingerprint density at radius 3 is 2.32 bits per heavy atom. The topological polar surface area (TPSA) is 60.9 Å². The Balaban J connectivity index is 1.68. The SMILES string of the molecule is O=C(O)c1cccc(N2CCN(C(=O)c3ccc(Cl)cc3Cl)CC2)c1. The fourth-order valence-electron chi connectivity index (χ4n) is 2.84. The molecule has 1 saturated heterocycles. The van der Waals surface area contributed by atoms with Gasteiger partial charge in [-0.3, -0.25) is 4.79 Å². The third-order valence-electron chi connectivity index (χ3n) is 4.19. The van der Waals surface area contributed by atoms with E-state index in [0.717, 1.165) is 5.69 Å². The van der Waals surface area contributed by atoms with Crippen LogP contribution < -0.4 is 4.90 Å². The van der Waals surface area contributed by atoms with Crippen LogP contribution in [0.3, 0.4) is 0 Å². The summed E-state index contributed by atoms with van der Waals surface area (Å²) in [6.07, 6.45) is 0. The second-order valence-corrected chi connectivity index (χ2v) is 6.60. The third-order valence-corrected chi connectivity index (χ3v) is 4.73. The molecule has 0 unspecified atom stereocenters. The average Bonchev–Trinajstić information content (AvgIpc) is 2.61. The van der Waals surface area contributed by atoms with E-state index in [1.54, 1.807) is 41.3 Å². The van der Waals surface area contributed by atoms with Gasteiger partial charge in [-0.15, -0.1) is 0 Å². The molecule has 0 bridgehead atoms. The summed E-state index contributed by atoms with van der Waals surface area (Å²) in [6, 6.07) is 11.7. The molecule has 2 aromatic rings.